The third-order valence-corrected chi connectivity index (χ3v) is 6.02. The van der Waals surface area contributed by atoms with Gasteiger partial charge < -0.3 is 9.73 Å². The Kier molecular flexibility index (Phi) is 6.66. The number of hydrogen-bond acceptors (Lipinski definition) is 4. The fourth-order valence-corrected chi connectivity index (χ4v) is 4.20. The summed E-state index contributed by atoms with van der Waals surface area (Å²) in [6.07, 6.45) is 2.92. The average molecular weight is 416 g/mol. The van der Waals surface area contributed by atoms with Crippen molar-refractivity contribution in [1.82, 2.24) is 5.32 Å². The topological polar surface area (TPSA) is 79.6 Å². The smallest absolute Gasteiger partial charge is 0.264 e. The summed E-state index contributed by atoms with van der Waals surface area (Å²) in [5.74, 6) is -0.146. The van der Waals surface area contributed by atoms with Crippen molar-refractivity contribution in [1.29, 1.82) is 0 Å². The minimum absolute atomic E-state index is 0.0895. The van der Waals surface area contributed by atoms with Crippen molar-refractivity contribution in [3.8, 4) is 0 Å². The number of nitrogens with zero attached hydrogens (tertiary/aromatic N) is 1. The minimum Gasteiger partial charge on any atom is -0.469 e. The fraction of sp³-hybridized carbons (Fsp3) is 0.190. The van der Waals surface area contributed by atoms with Crippen LogP contribution in [-0.2, 0) is 21.2 Å². The summed E-state index contributed by atoms with van der Waals surface area (Å²) >= 11 is 0. The number of aryl methyl sites for hydroxylation is 1. The average Bonchev–Trinajstić information content (AvgIpc) is 3.24. The van der Waals surface area contributed by atoms with Gasteiger partial charge in [0.15, 0.2) is 0 Å². The highest BCUT2D eigenvalue weighted by Crippen LogP contribution is 2.23. The van der Waals surface area contributed by atoms with E-state index >= 15 is 0 Å². The van der Waals surface area contributed by atoms with Crippen LogP contribution in [0.5, 0.6) is 0 Å². The van der Waals surface area contributed by atoms with E-state index in [0.717, 1.165) is 22.2 Å². The van der Waals surface area contributed by atoms with Crippen LogP contribution in [0.3, 0.4) is 0 Å². The maximum atomic E-state index is 13.2. The number of benzene rings is 2. The van der Waals surface area contributed by atoms with Crippen LogP contribution in [0.2, 0.25) is 0 Å². The SMILES string of the molecule is O=C(CN(c1ccccc1)S(=O)(=O)c1ccc(F)cc1)NCCCc1ccco1. The van der Waals surface area contributed by atoms with E-state index in [1.54, 1.807) is 42.7 Å². The van der Waals surface area contributed by atoms with E-state index in [-0.39, 0.29) is 11.4 Å². The molecular formula is C21H21FN2O4S. The van der Waals surface area contributed by atoms with Crippen LogP contribution in [-0.4, -0.2) is 27.4 Å². The van der Waals surface area contributed by atoms with Gasteiger partial charge in [0.05, 0.1) is 16.8 Å². The highest BCUT2D eigenvalue weighted by Gasteiger charge is 2.27. The summed E-state index contributed by atoms with van der Waals surface area (Å²) in [7, 11) is -4.04. The monoisotopic (exact) mass is 416 g/mol. The summed E-state index contributed by atoms with van der Waals surface area (Å²) < 4.78 is 45.6. The van der Waals surface area contributed by atoms with Crippen LogP contribution in [0.15, 0.2) is 82.3 Å². The maximum Gasteiger partial charge on any atom is 0.264 e. The molecule has 0 radical (unpaired) electrons. The molecule has 0 saturated carbocycles. The largest absolute Gasteiger partial charge is 0.469 e. The summed E-state index contributed by atoms with van der Waals surface area (Å²) in [6, 6.07) is 16.5. The lowest BCUT2D eigenvalue weighted by Crippen LogP contribution is -2.41. The first-order chi connectivity index (χ1) is 14.0. The van der Waals surface area contributed by atoms with Gasteiger partial charge in [-0.25, -0.2) is 12.8 Å². The molecule has 152 valence electrons. The predicted octanol–water partition coefficient (Wildman–Crippen LogP) is 3.36. The Balaban J connectivity index is 1.70. The lowest BCUT2D eigenvalue weighted by molar-refractivity contribution is -0.119. The zero-order valence-corrected chi connectivity index (χ0v) is 16.4. The number of rotatable bonds is 9. The zero-order chi connectivity index (χ0) is 20.7. The summed E-state index contributed by atoms with van der Waals surface area (Å²) in [4.78, 5) is 12.3. The molecule has 0 fully saturated rings. The summed E-state index contributed by atoms with van der Waals surface area (Å²) in [5.41, 5.74) is 0.350. The van der Waals surface area contributed by atoms with Gasteiger partial charge in [-0.15, -0.1) is 0 Å². The van der Waals surface area contributed by atoms with Gasteiger partial charge in [-0.3, -0.25) is 9.10 Å². The zero-order valence-electron chi connectivity index (χ0n) is 15.6. The maximum absolute atomic E-state index is 13.2. The Hall–Kier alpha value is -3.13. The number of sulfonamides is 1. The first kappa shape index (κ1) is 20.6. The molecule has 3 aromatic rings. The lowest BCUT2D eigenvalue weighted by Gasteiger charge is -2.24. The molecule has 0 bridgehead atoms. The van der Waals surface area contributed by atoms with Crippen LogP contribution in [0.1, 0.15) is 12.2 Å². The van der Waals surface area contributed by atoms with Crippen molar-refractivity contribution >= 4 is 21.6 Å². The molecule has 1 N–H and O–H groups in total. The number of para-hydroxylation sites is 1. The molecule has 3 rings (SSSR count). The van der Waals surface area contributed by atoms with Crippen molar-refractivity contribution in [2.24, 2.45) is 0 Å². The van der Waals surface area contributed by atoms with E-state index in [4.69, 9.17) is 4.42 Å². The quantitative estimate of drug-likeness (QED) is 0.543. The number of halogens is 1. The van der Waals surface area contributed by atoms with Gasteiger partial charge >= 0.3 is 0 Å². The Morgan fingerprint density at radius 1 is 1.00 bits per heavy atom. The molecule has 2 aromatic carbocycles. The number of anilines is 1. The molecule has 1 amide bonds. The molecule has 29 heavy (non-hydrogen) atoms. The number of carbonyl (C=O) groups is 1. The first-order valence-corrected chi connectivity index (χ1v) is 10.5. The molecule has 0 aliphatic heterocycles. The van der Waals surface area contributed by atoms with E-state index in [0.29, 0.717) is 25.1 Å². The van der Waals surface area contributed by atoms with Gasteiger partial charge in [0.2, 0.25) is 5.91 Å². The summed E-state index contributed by atoms with van der Waals surface area (Å²) in [5, 5.41) is 2.73. The highest BCUT2D eigenvalue weighted by molar-refractivity contribution is 7.92. The lowest BCUT2D eigenvalue weighted by atomic mass is 10.2. The molecule has 0 aliphatic rings. The van der Waals surface area contributed by atoms with Gasteiger partial charge in [-0.05, 0) is 55.0 Å². The van der Waals surface area contributed by atoms with Gasteiger partial charge in [0.1, 0.15) is 18.1 Å². The van der Waals surface area contributed by atoms with Crippen LogP contribution in [0.4, 0.5) is 10.1 Å². The van der Waals surface area contributed by atoms with E-state index in [1.807, 2.05) is 6.07 Å². The Morgan fingerprint density at radius 2 is 1.72 bits per heavy atom. The van der Waals surface area contributed by atoms with E-state index in [1.165, 1.54) is 12.1 Å². The van der Waals surface area contributed by atoms with Gasteiger partial charge in [0, 0.05) is 13.0 Å². The standard InChI is InChI=1S/C21H21FN2O4S/c22-17-10-12-20(13-11-17)29(26,27)24(18-6-2-1-3-7-18)16-21(25)23-14-4-8-19-9-5-15-28-19/h1-3,5-7,9-13,15H,4,8,14,16H2,(H,23,25). The van der Waals surface area contributed by atoms with Crippen molar-refractivity contribution in [3.05, 3.63) is 84.6 Å². The van der Waals surface area contributed by atoms with Gasteiger partial charge in [0.25, 0.3) is 10.0 Å². The van der Waals surface area contributed by atoms with Crippen LogP contribution in [0.25, 0.3) is 0 Å². The van der Waals surface area contributed by atoms with Gasteiger partial charge in [-0.2, -0.15) is 0 Å². The third-order valence-electron chi connectivity index (χ3n) is 4.24. The second-order valence-corrected chi connectivity index (χ2v) is 8.20. The molecule has 8 heteroatoms. The van der Waals surface area contributed by atoms with Crippen molar-refractivity contribution in [3.63, 3.8) is 0 Å². The van der Waals surface area contributed by atoms with Crippen molar-refractivity contribution in [2.75, 3.05) is 17.4 Å². The second kappa shape index (κ2) is 9.38. The second-order valence-electron chi connectivity index (χ2n) is 6.33. The molecule has 0 saturated heterocycles. The molecule has 0 spiro atoms. The number of hydrogen-bond donors (Lipinski definition) is 1. The number of amides is 1. The van der Waals surface area contributed by atoms with Crippen LogP contribution < -0.4 is 9.62 Å². The highest BCUT2D eigenvalue weighted by atomic mass is 32.2. The molecule has 1 aromatic heterocycles. The van der Waals surface area contributed by atoms with Crippen molar-refractivity contribution < 1.29 is 22.0 Å². The fourth-order valence-electron chi connectivity index (χ4n) is 2.77. The Morgan fingerprint density at radius 3 is 2.38 bits per heavy atom. The van der Waals surface area contributed by atoms with Crippen LogP contribution >= 0.6 is 0 Å². The van der Waals surface area contributed by atoms with E-state index < -0.39 is 21.7 Å². The molecule has 0 aliphatic carbocycles. The summed E-state index contributed by atoms with van der Waals surface area (Å²) in [6.45, 7) is 0.00321. The first-order valence-electron chi connectivity index (χ1n) is 9.09. The predicted molar refractivity (Wildman–Crippen MR) is 107 cm³/mol. The molecular weight excluding hydrogens is 395 g/mol. The van der Waals surface area contributed by atoms with Crippen LogP contribution in [0, 0.1) is 5.82 Å². The Bertz CT molecular complexity index is 1020. The number of nitrogens with one attached hydrogen (secondary N) is 1. The molecule has 1 heterocycles. The number of carbonyl (C=O) groups excluding carboxylic acids is 1. The third kappa shape index (κ3) is 5.45. The minimum atomic E-state index is -4.04. The van der Waals surface area contributed by atoms with Crippen molar-refractivity contribution in [2.45, 2.75) is 17.7 Å². The molecule has 0 atom stereocenters. The van der Waals surface area contributed by atoms with E-state index in [9.17, 15) is 17.6 Å². The normalized spacial score (nSPS) is 11.2. The van der Waals surface area contributed by atoms with Gasteiger partial charge in [-0.1, -0.05) is 18.2 Å². The molecule has 0 unspecified atom stereocenters. The Labute approximate surface area is 169 Å². The van der Waals surface area contributed by atoms with E-state index in [2.05, 4.69) is 5.32 Å². The molecule has 6 nitrogen and oxygen atoms in total. The number of furan rings is 1.